The molecule has 0 saturated carbocycles. The number of amides is 1. The summed E-state index contributed by atoms with van der Waals surface area (Å²) in [6, 6.07) is 15.8. The molecule has 4 rings (SSSR count). The summed E-state index contributed by atoms with van der Waals surface area (Å²) in [7, 11) is 0. The first-order valence-corrected chi connectivity index (χ1v) is 9.00. The van der Waals surface area contributed by atoms with Crippen molar-refractivity contribution in [3.8, 4) is 5.69 Å². The fourth-order valence-electron chi connectivity index (χ4n) is 2.70. The highest BCUT2D eigenvalue weighted by Gasteiger charge is 2.11. The molecule has 0 aliphatic heterocycles. The van der Waals surface area contributed by atoms with Gasteiger partial charge in [-0.25, -0.2) is 10.4 Å². The number of fused-ring (bicyclic) bond motifs is 1. The number of thiophene rings is 1. The Balaban J connectivity index is 1.50. The predicted octanol–water partition coefficient (Wildman–Crippen LogP) is 4.24. The van der Waals surface area contributed by atoms with Gasteiger partial charge in [0.05, 0.1) is 17.6 Å². The van der Waals surface area contributed by atoms with Gasteiger partial charge < -0.3 is 4.57 Å². The lowest BCUT2D eigenvalue weighted by atomic mass is 10.1. The molecule has 0 spiro atoms. The number of nitrogens with zero attached hydrogens (tertiary/aromatic N) is 3. The lowest BCUT2D eigenvalue weighted by Gasteiger charge is -2.05. The number of carbonyl (C=O) groups excluding carboxylic acids is 1. The highest BCUT2D eigenvalue weighted by molar-refractivity contribution is 7.17. The molecule has 26 heavy (non-hydrogen) atoms. The van der Waals surface area contributed by atoms with E-state index in [1.54, 1.807) is 23.9 Å². The number of nitrogens with one attached hydrogen (secondary N) is 1. The molecule has 4 aromatic rings. The standard InChI is InChI=1S/C20H16N4OS/c1-14(15-6-8-16(9-7-15)24-11-10-21-13-24)22-23-20(25)18-12-26-19-5-3-2-4-17(18)19/h2-13H,1H3,(H,23,25)/b22-14+. The first kappa shape index (κ1) is 16.2. The Morgan fingerprint density at radius 2 is 1.96 bits per heavy atom. The van der Waals surface area contributed by atoms with Crippen LogP contribution in [0.25, 0.3) is 15.8 Å². The molecule has 0 atom stereocenters. The molecule has 2 aromatic carbocycles. The highest BCUT2D eigenvalue weighted by Crippen LogP contribution is 2.25. The van der Waals surface area contributed by atoms with E-state index < -0.39 is 0 Å². The third kappa shape index (κ3) is 3.14. The first-order valence-electron chi connectivity index (χ1n) is 8.12. The van der Waals surface area contributed by atoms with Crippen molar-refractivity contribution < 1.29 is 4.79 Å². The van der Waals surface area contributed by atoms with Crippen LogP contribution in [0, 0.1) is 0 Å². The van der Waals surface area contributed by atoms with Crippen LogP contribution in [0.3, 0.4) is 0 Å². The van der Waals surface area contributed by atoms with Crippen molar-refractivity contribution in [2.24, 2.45) is 5.10 Å². The summed E-state index contributed by atoms with van der Waals surface area (Å²) < 4.78 is 3.02. The second-order valence-electron chi connectivity index (χ2n) is 5.80. The zero-order valence-corrected chi connectivity index (χ0v) is 14.9. The van der Waals surface area contributed by atoms with Crippen molar-refractivity contribution >= 4 is 33.0 Å². The van der Waals surface area contributed by atoms with Crippen molar-refractivity contribution in [2.45, 2.75) is 6.92 Å². The topological polar surface area (TPSA) is 59.3 Å². The van der Waals surface area contributed by atoms with Crippen molar-refractivity contribution in [3.05, 3.63) is 83.8 Å². The van der Waals surface area contributed by atoms with Crippen molar-refractivity contribution in [2.75, 3.05) is 0 Å². The van der Waals surface area contributed by atoms with Crippen LogP contribution in [0.5, 0.6) is 0 Å². The maximum Gasteiger partial charge on any atom is 0.272 e. The second-order valence-corrected chi connectivity index (χ2v) is 6.71. The summed E-state index contributed by atoms with van der Waals surface area (Å²) >= 11 is 1.56. The average molecular weight is 360 g/mol. The lowest BCUT2D eigenvalue weighted by molar-refractivity contribution is 0.0957. The number of imidazole rings is 1. The molecule has 1 N–H and O–H groups in total. The smallest absolute Gasteiger partial charge is 0.272 e. The predicted molar refractivity (Wildman–Crippen MR) is 105 cm³/mol. The Bertz CT molecular complexity index is 1080. The van der Waals surface area contributed by atoms with Crippen LogP contribution < -0.4 is 5.43 Å². The van der Waals surface area contributed by atoms with Gasteiger partial charge in [0.25, 0.3) is 5.91 Å². The molecule has 0 aliphatic rings. The van der Waals surface area contributed by atoms with Gasteiger partial charge in [-0.1, -0.05) is 30.3 Å². The van der Waals surface area contributed by atoms with Gasteiger partial charge in [-0.2, -0.15) is 5.10 Å². The molecule has 1 amide bonds. The lowest BCUT2D eigenvalue weighted by Crippen LogP contribution is -2.19. The van der Waals surface area contributed by atoms with Gasteiger partial charge in [-0.3, -0.25) is 4.79 Å². The van der Waals surface area contributed by atoms with Crippen LogP contribution in [0.2, 0.25) is 0 Å². The number of benzene rings is 2. The van der Waals surface area contributed by atoms with E-state index in [0.717, 1.165) is 27.0 Å². The van der Waals surface area contributed by atoms with Crippen LogP contribution >= 0.6 is 11.3 Å². The maximum atomic E-state index is 12.4. The van der Waals surface area contributed by atoms with E-state index in [4.69, 9.17) is 0 Å². The molecule has 0 saturated heterocycles. The largest absolute Gasteiger partial charge is 0.306 e. The van der Waals surface area contributed by atoms with E-state index in [2.05, 4.69) is 15.5 Å². The van der Waals surface area contributed by atoms with Crippen molar-refractivity contribution in [3.63, 3.8) is 0 Å². The van der Waals surface area contributed by atoms with Gasteiger partial charge in [0.15, 0.2) is 0 Å². The Labute approximate surface area is 154 Å². The fraction of sp³-hybridized carbons (Fsp3) is 0.0500. The second kappa shape index (κ2) is 6.93. The third-order valence-electron chi connectivity index (χ3n) is 4.14. The molecular formula is C20H16N4OS. The summed E-state index contributed by atoms with van der Waals surface area (Å²) in [5.74, 6) is -0.197. The van der Waals surface area contributed by atoms with Crippen LogP contribution in [0.4, 0.5) is 0 Å². The van der Waals surface area contributed by atoms with Crippen LogP contribution in [-0.4, -0.2) is 21.2 Å². The fourth-order valence-corrected chi connectivity index (χ4v) is 3.64. The van der Waals surface area contributed by atoms with E-state index in [-0.39, 0.29) is 5.91 Å². The number of carbonyl (C=O) groups is 1. The summed E-state index contributed by atoms with van der Waals surface area (Å²) in [5.41, 5.74) is 6.02. The number of rotatable bonds is 4. The monoisotopic (exact) mass is 360 g/mol. The number of aromatic nitrogens is 2. The molecular weight excluding hydrogens is 344 g/mol. The zero-order valence-electron chi connectivity index (χ0n) is 14.1. The first-order chi connectivity index (χ1) is 12.7. The Hall–Kier alpha value is -3.25. The molecule has 0 aliphatic carbocycles. The summed E-state index contributed by atoms with van der Waals surface area (Å²) in [6.07, 6.45) is 5.38. The van der Waals surface area contributed by atoms with Crippen LogP contribution in [0.15, 0.2) is 77.7 Å². The minimum atomic E-state index is -0.197. The maximum absolute atomic E-state index is 12.4. The SMILES string of the molecule is C/C(=N\NC(=O)c1csc2ccccc12)c1ccc(-n2ccnc2)cc1. The molecule has 6 heteroatoms. The molecule has 0 unspecified atom stereocenters. The number of hydrogen-bond donors (Lipinski definition) is 1. The van der Waals surface area contributed by atoms with Crippen LogP contribution in [0.1, 0.15) is 22.8 Å². The van der Waals surface area contributed by atoms with E-state index in [0.29, 0.717) is 5.56 Å². The van der Waals surface area contributed by atoms with Gasteiger partial charge in [0.1, 0.15) is 0 Å². The third-order valence-corrected chi connectivity index (χ3v) is 5.10. The van der Waals surface area contributed by atoms with Gasteiger partial charge >= 0.3 is 0 Å². The zero-order chi connectivity index (χ0) is 17.9. The normalized spacial score (nSPS) is 11.7. The average Bonchev–Trinajstić information content (AvgIpc) is 3.36. The Kier molecular flexibility index (Phi) is 4.33. The summed E-state index contributed by atoms with van der Waals surface area (Å²) in [6.45, 7) is 1.87. The minimum Gasteiger partial charge on any atom is -0.306 e. The highest BCUT2D eigenvalue weighted by atomic mass is 32.1. The minimum absolute atomic E-state index is 0.197. The molecule has 128 valence electrons. The molecule has 2 heterocycles. The molecule has 2 aromatic heterocycles. The van der Waals surface area contributed by atoms with E-state index >= 15 is 0 Å². The van der Waals surface area contributed by atoms with E-state index in [1.165, 1.54) is 0 Å². The summed E-state index contributed by atoms with van der Waals surface area (Å²) in [5, 5.41) is 7.07. The molecule has 0 radical (unpaired) electrons. The Morgan fingerprint density at radius 1 is 1.15 bits per heavy atom. The molecule has 0 fully saturated rings. The van der Waals surface area contributed by atoms with Gasteiger partial charge in [-0.15, -0.1) is 11.3 Å². The van der Waals surface area contributed by atoms with E-state index in [1.807, 2.05) is 71.6 Å². The van der Waals surface area contributed by atoms with Crippen molar-refractivity contribution in [1.29, 1.82) is 0 Å². The quantitative estimate of drug-likeness (QED) is 0.437. The molecule has 0 bridgehead atoms. The Morgan fingerprint density at radius 3 is 2.73 bits per heavy atom. The number of hydrogen-bond acceptors (Lipinski definition) is 4. The number of hydrazone groups is 1. The van der Waals surface area contributed by atoms with Crippen molar-refractivity contribution in [1.82, 2.24) is 15.0 Å². The summed E-state index contributed by atoms with van der Waals surface area (Å²) in [4.78, 5) is 16.5. The van der Waals surface area contributed by atoms with Gasteiger partial charge in [0, 0.05) is 33.5 Å². The molecule has 5 nitrogen and oxygen atoms in total. The van der Waals surface area contributed by atoms with Gasteiger partial charge in [-0.05, 0) is 30.7 Å². The van der Waals surface area contributed by atoms with Crippen LogP contribution in [-0.2, 0) is 0 Å². The van der Waals surface area contributed by atoms with Gasteiger partial charge in [0.2, 0.25) is 0 Å². The van der Waals surface area contributed by atoms with E-state index in [9.17, 15) is 4.79 Å².